The van der Waals surface area contributed by atoms with E-state index in [4.69, 9.17) is 4.42 Å². The Hall–Kier alpha value is -3.15. The molecule has 1 aromatic heterocycles. The largest absolute Gasteiger partial charge is 0.417 e. The van der Waals surface area contributed by atoms with Gasteiger partial charge in [-0.3, -0.25) is 9.78 Å². The van der Waals surface area contributed by atoms with Gasteiger partial charge in [-0.05, 0) is 67.9 Å². The van der Waals surface area contributed by atoms with Crippen molar-refractivity contribution in [2.45, 2.75) is 32.1 Å². The second kappa shape index (κ2) is 7.84. The molecule has 0 atom stereocenters. The number of oxazole rings is 1. The van der Waals surface area contributed by atoms with E-state index in [1.54, 1.807) is 24.3 Å². The fourth-order valence-electron chi connectivity index (χ4n) is 3.74. The predicted molar refractivity (Wildman–Crippen MR) is 106 cm³/mol. The van der Waals surface area contributed by atoms with E-state index in [1.807, 2.05) is 12.1 Å². The number of fused-ring (bicyclic) bond motifs is 1. The van der Waals surface area contributed by atoms with Gasteiger partial charge in [-0.25, -0.2) is 9.18 Å². The quantitative estimate of drug-likeness (QED) is 0.652. The molecule has 144 valence electrons. The minimum atomic E-state index is -0.516. The fourth-order valence-corrected chi connectivity index (χ4v) is 3.74. The van der Waals surface area contributed by atoms with Crippen LogP contribution in [0.3, 0.4) is 0 Å². The first-order valence-corrected chi connectivity index (χ1v) is 9.43. The Bertz CT molecular complexity index is 1070. The summed E-state index contributed by atoms with van der Waals surface area (Å²) in [5.41, 5.74) is 3.89. The Morgan fingerprint density at radius 1 is 1.18 bits per heavy atom. The lowest BCUT2D eigenvalue weighted by atomic mass is 9.82. The number of hydrogen-bond acceptors (Lipinski definition) is 3. The first kappa shape index (κ1) is 18.2. The highest BCUT2D eigenvalue weighted by Crippen LogP contribution is 2.30. The Kier molecular flexibility index (Phi) is 5.10. The molecular formula is C22H21FN2O3. The summed E-state index contributed by atoms with van der Waals surface area (Å²) in [4.78, 5) is 26.1. The van der Waals surface area contributed by atoms with Gasteiger partial charge in [-0.1, -0.05) is 17.7 Å². The zero-order valence-corrected chi connectivity index (χ0v) is 15.3. The second-order valence-electron chi connectivity index (χ2n) is 7.29. The molecule has 0 aliphatic heterocycles. The Morgan fingerprint density at radius 3 is 2.68 bits per heavy atom. The van der Waals surface area contributed by atoms with Gasteiger partial charge in [0.05, 0.1) is 5.52 Å². The van der Waals surface area contributed by atoms with Crippen molar-refractivity contribution in [3.8, 4) is 0 Å². The summed E-state index contributed by atoms with van der Waals surface area (Å²) >= 11 is 0. The molecule has 0 bridgehead atoms. The lowest BCUT2D eigenvalue weighted by Gasteiger charge is -2.24. The topological polar surface area (TPSA) is 75.1 Å². The molecule has 1 fully saturated rings. The van der Waals surface area contributed by atoms with E-state index in [0.29, 0.717) is 22.7 Å². The molecule has 1 saturated carbocycles. The van der Waals surface area contributed by atoms with Crippen molar-refractivity contribution < 1.29 is 13.6 Å². The highest BCUT2D eigenvalue weighted by molar-refractivity contribution is 6.00. The van der Waals surface area contributed by atoms with E-state index in [-0.39, 0.29) is 11.7 Å². The number of amides is 1. The predicted octanol–water partition coefficient (Wildman–Crippen LogP) is 4.56. The van der Waals surface area contributed by atoms with Crippen molar-refractivity contribution in [2.24, 2.45) is 5.92 Å². The number of rotatable bonds is 4. The van der Waals surface area contributed by atoms with Crippen molar-refractivity contribution in [3.63, 3.8) is 0 Å². The van der Waals surface area contributed by atoms with Crippen LogP contribution in [-0.4, -0.2) is 10.9 Å². The number of aromatic nitrogens is 1. The molecule has 1 heterocycles. The molecule has 2 aromatic carbocycles. The van der Waals surface area contributed by atoms with Gasteiger partial charge in [-0.2, -0.15) is 0 Å². The number of benzene rings is 2. The monoisotopic (exact) mass is 380 g/mol. The van der Waals surface area contributed by atoms with E-state index in [2.05, 4.69) is 10.3 Å². The lowest BCUT2D eigenvalue weighted by Crippen LogP contribution is -2.14. The first-order valence-electron chi connectivity index (χ1n) is 9.43. The van der Waals surface area contributed by atoms with E-state index < -0.39 is 5.76 Å². The van der Waals surface area contributed by atoms with Crippen molar-refractivity contribution in [3.05, 3.63) is 76.0 Å². The van der Waals surface area contributed by atoms with Gasteiger partial charge in [0.15, 0.2) is 5.58 Å². The fraction of sp³-hybridized carbons (Fsp3) is 0.273. The van der Waals surface area contributed by atoms with Gasteiger partial charge in [0.1, 0.15) is 5.82 Å². The zero-order valence-electron chi connectivity index (χ0n) is 15.3. The molecule has 0 unspecified atom stereocenters. The highest BCUT2D eigenvalue weighted by atomic mass is 19.1. The number of anilines is 1. The minimum Gasteiger partial charge on any atom is -0.408 e. The molecule has 1 aliphatic carbocycles. The molecule has 3 aromatic rings. The third-order valence-corrected chi connectivity index (χ3v) is 5.21. The van der Waals surface area contributed by atoms with Gasteiger partial charge >= 0.3 is 5.76 Å². The van der Waals surface area contributed by atoms with Gasteiger partial charge in [0, 0.05) is 17.8 Å². The van der Waals surface area contributed by atoms with Crippen LogP contribution in [0.2, 0.25) is 0 Å². The number of nitrogens with one attached hydrogen (secondary N) is 2. The zero-order chi connectivity index (χ0) is 19.5. The number of carbonyl (C=O) groups is 1. The van der Waals surface area contributed by atoms with E-state index in [0.717, 1.165) is 43.2 Å². The van der Waals surface area contributed by atoms with E-state index in [9.17, 15) is 14.0 Å². The van der Waals surface area contributed by atoms with Gasteiger partial charge in [0.25, 0.3) is 0 Å². The summed E-state index contributed by atoms with van der Waals surface area (Å²) in [6.07, 6.45) is 6.46. The SMILES string of the molecule is O=C(C=C1CCC(Cc2ccc(F)cc2)CC1)Nc1ccc2[nH]c(=O)oc2c1. The number of aromatic amines is 1. The third-order valence-electron chi connectivity index (χ3n) is 5.21. The summed E-state index contributed by atoms with van der Waals surface area (Å²) in [5, 5.41) is 2.82. The molecule has 0 radical (unpaired) electrons. The number of carbonyl (C=O) groups excluding carboxylic acids is 1. The molecule has 4 rings (SSSR count). The number of allylic oxidation sites excluding steroid dienone is 1. The van der Waals surface area contributed by atoms with Gasteiger partial charge < -0.3 is 9.73 Å². The van der Waals surface area contributed by atoms with Crippen LogP contribution in [0.5, 0.6) is 0 Å². The molecule has 0 spiro atoms. The molecule has 5 nitrogen and oxygen atoms in total. The highest BCUT2D eigenvalue weighted by Gasteiger charge is 2.18. The molecular weight excluding hydrogens is 359 g/mol. The average molecular weight is 380 g/mol. The van der Waals surface area contributed by atoms with Gasteiger partial charge in [-0.15, -0.1) is 0 Å². The standard InChI is InChI=1S/C22H21FN2O3/c23-17-7-5-15(6-8-17)11-14-1-3-16(4-2-14)12-21(26)24-18-9-10-19-20(13-18)28-22(27)25-19/h5-10,12-14H,1-4,11H2,(H,24,26)(H,25,27). The molecule has 1 aliphatic rings. The maximum Gasteiger partial charge on any atom is 0.417 e. The second-order valence-corrected chi connectivity index (χ2v) is 7.29. The van der Waals surface area contributed by atoms with E-state index in [1.165, 1.54) is 12.1 Å². The third kappa shape index (κ3) is 4.39. The Morgan fingerprint density at radius 2 is 1.93 bits per heavy atom. The van der Waals surface area contributed by atoms with Crippen molar-refractivity contribution in [2.75, 3.05) is 5.32 Å². The average Bonchev–Trinajstić information content (AvgIpc) is 3.04. The maximum absolute atomic E-state index is 13.0. The first-order chi connectivity index (χ1) is 13.5. The Labute approximate surface area is 161 Å². The van der Waals surface area contributed by atoms with Crippen molar-refractivity contribution in [1.29, 1.82) is 0 Å². The Balaban J connectivity index is 1.32. The van der Waals surface area contributed by atoms with E-state index >= 15 is 0 Å². The number of H-pyrrole nitrogens is 1. The smallest absolute Gasteiger partial charge is 0.408 e. The van der Waals surface area contributed by atoms with Crippen LogP contribution in [0.15, 0.2) is 63.3 Å². The summed E-state index contributed by atoms with van der Waals surface area (Å²) in [7, 11) is 0. The van der Waals surface area contributed by atoms with Crippen LogP contribution in [0, 0.1) is 11.7 Å². The van der Waals surface area contributed by atoms with Crippen LogP contribution < -0.4 is 11.1 Å². The van der Waals surface area contributed by atoms with Crippen LogP contribution >= 0.6 is 0 Å². The van der Waals surface area contributed by atoms with Crippen LogP contribution in [-0.2, 0) is 11.2 Å². The molecule has 28 heavy (non-hydrogen) atoms. The van der Waals surface area contributed by atoms with Crippen molar-refractivity contribution in [1.82, 2.24) is 4.98 Å². The molecule has 6 heteroatoms. The van der Waals surface area contributed by atoms with Crippen molar-refractivity contribution >= 4 is 22.7 Å². The maximum atomic E-state index is 13.0. The summed E-state index contributed by atoms with van der Waals surface area (Å²) < 4.78 is 18.0. The van der Waals surface area contributed by atoms with Gasteiger partial charge in [0.2, 0.25) is 5.91 Å². The van der Waals surface area contributed by atoms with Crippen LogP contribution in [0.25, 0.3) is 11.1 Å². The normalized spacial score (nSPS) is 16.9. The summed E-state index contributed by atoms with van der Waals surface area (Å²) in [5.74, 6) is -0.340. The van der Waals surface area contributed by atoms with Crippen LogP contribution in [0.1, 0.15) is 31.2 Å². The number of hydrogen-bond donors (Lipinski definition) is 2. The summed E-state index contributed by atoms with van der Waals surface area (Å²) in [6.45, 7) is 0. The van der Waals surface area contributed by atoms with Crippen LogP contribution in [0.4, 0.5) is 10.1 Å². The molecule has 0 saturated heterocycles. The molecule has 1 amide bonds. The number of halogens is 1. The summed E-state index contributed by atoms with van der Waals surface area (Å²) in [6, 6.07) is 11.7. The molecule has 2 N–H and O–H groups in total. The minimum absolute atomic E-state index is 0.177. The lowest BCUT2D eigenvalue weighted by molar-refractivity contribution is -0.112.